The van der Waals surface area contributed by atoms with Crippen molar-refractivity contribution in [2.75, 3.05) is 16.4 Å². The molecule has 1 heterocycles. The Morgan fingerprint density at radius 2 is 1.67 bits per heavy atom. The van der Waals surface area contributed by atoms with E-state index in [1.807, 2.05) is 0 Å². The minimum atomic E-state index is -4.33. The van der Waals surface area contributed by atoms with Crippen molar-refractivity contribution in [1.82, 2.24) is 4.98 Å². The van der Waals surface area contributed by atoms with Crippen LogP contribution in [0.5, 0.6) is 0 Å². The van der Waals surface area contributed by atoms with Crippen molar-refractivity contribution in [3.63, 3.8) is 0 Å². The van der Waals surface area contributed by atoms with Gasteiger partial charge in [-0.3, -0.25) is 4.72 Å². The lowest BCUT2D eigenvalue weighted by atomic mass is 10.0. The second kappa shape index (κ2) is 10.3. The Kier molecular flexibility index (Phi) is 7.94. The molecular formula is C21H18Cl2F2N2O4S2. The number of anilines is 1. The monoisotopic (exact) mass is 534 g/mol. The zero-order valence-corrected chi connectivity index (χ0v) is 20.0. The Hall–Kier alpha value is -2.27. The molecule has 0 fully saturated rings. The van der Waals surface area contributed by atoms with Gasteiger partial charge in [0.1, 0.15) is 22.7 Å². The highest BCUT2D eigenvalue weighted by Gasteiger charge is 2.34. The molecule has 3 aromatic rings. The van der Waals surface area contributed by atoms with Crippen molar-refractivity contribution in [2.24, 2.45) is 0 Å². The van der Waals surface area contributed by atoms with Crippen molar-refractivity contribution >= 4 is 48.9 Å². The Bertz CT molecular complexity index is 1350. The van der Waals surface area contributed by atoms with Crippen LogP contribution in [0.3, 0.4) is 0 Å². The lowest BCUT2D eigenvalue weighted by molar-refractivity contribution is 0.569. The number of alkyl halides is 1. The molecule has 33 heavy (non-hydrogen) atoms. The van der Waals surface area contributed by atoms with E-state index in [0.29, 0.717) is 5.02 Å². The van der Waals surface area contributed by atoms with Crippen LogP contribution < -0.4 is 4.72 Å². The molecule has 0 saturated heterocycles. The number of rotatable bonds is 9. The van der Waals surface area contributed by atoms with Gasteiger partial charge in [0.25, 0.3) is 0 Å². The summed E-state index contributed by atoms with van der Waals surface area (Å²) in [5, 5.41) is -1.40. The van der Waals surface area contributed by atoms with Crippen molar-refractivity contribution in [2.45, 2.75) is 16.6 Å². The number of nitrogens with one attached hydrogen (secondary N) is 1. The first kappa shape index (κ1) is 25.4. The first-order valence-electron chi connectivity index (χ1n) is 9.50. The van der Waals surface area contributed by atoms with Crippen LogP contribution in [0.25, 0.3) is 0 Å². The number of halogens is 4. The highest BCUT2D eigenvalue weighted by atomic mass is 35.5. The van der Waals surface area contributed by atoms with Crippen LogP contribution in [0.2, 0.25) is 5.02 Å². The van der Waals surface area contributed by atoms with Crippen LogP contribution in [-0.4, -0.2) is 33.5 Å². The highest BCUT2D eigenvalue weighted by Crippen LogP contribution is 2.37. The number of hydrogen-bond acceptors (Lipinski definition) is 5. The quantitative estimate of drug-likeness (QED) is 0.392. The molecule has 0 radical (unpaired) electrons. The summed E-state index contributed by atoms with van der Waals surface area (Å²) in [6, 6.07) is 10.2. The van der Waals surface area contributed by atoms with Gasteiger partial charge in [-0.25, -0.2) is 30.6 Å². The molecule has 1 aromatic heterocycles. The Morgan fingerprint density at radius 3 is 2.33 bits per heavy atom. The van der Waals surface area contributed by atoms with Crippen molar-refractivity contribution in [3.8, 4) is 0 Å². The van der Waals surface area contributed by atoms with Gasteiger partial charge in [0.15, 0.2) is 9.84 Å². The van der Waals surface area contributed by atoms with Crippen LogP contribution >= 0.6 is 23.2 Å². The maximum absolute atomic E-state index is 14.7. The van der Waals surface area contributed by atoms with Crippen LogP contribution in [0.4, 0.5) is 14.6 Å². The number of sulfonamides is 1. The molecule has 0 amide bonds. The third-order valence-electron chi connectivity index (χ3n) is 4.59. The molecule has 1 unspecified atom stereocenters. The average molecular weight is 535 g/mol. The van der Waals surface area contributed by atoms with E-state index < -0.39 is 42.3 Å². The third kappa shape index (κ3) is 6.20. The summed E-state index contributed by atoms with van der Waals surface area (Å²) in [4.78, 5) is 3.73. The molecule has 0 aliphatic rings. The van der Waals surface area contributed by atoms with Crippen molar-refractivity contribution in [1.29, 1.82) is 0 Å². The predicted octanol–water partition coefficient (Wildman–Crippen LogP) is 4.95. The van der Waals surface area contributed by atoms with Gasteiger partial charge in [-0.15, -0.1) is 11.6 Å². The summed E-state index contributed by atoms with van der Waals surface area (Å²) in [6.07, 6.45) is 1.37. The second-order valence-electron chi connectivity index (χ2n) is 6.98. The molecule has 3 rings (SSSR count). The van der Waals surface area contributed by atoms with Gasteiger partial charge in [-0.2, -0.15) is 0 Å². The van der Waals surface area contributed by atoms with E-state index in [9.17, 15) is 25.6 Å². The lowest BCUT2D eigenvalue weighted by Gasteiger charge is -2.20. The summed E-state index contributed by atoms with van der Waals surface area (Å²) in [5.41, 5.74) is -0.452. The van der Waals surface area contributed by atoms with E-state index in [1.165, 1.54) is 42.6 Å². The van der Waals surface area contributed by atoms with Gasteiger partial charge in [0, 0.05) is 22.7 Å². The molecule has 2 aromatic carbocycles. The summed E-state index contributed by atoms with van der Waals surface area (Å²) >= 11 is 11.4. The number of nitrogens with zero attached hydrogens (tertiary/aromatic N) is 1. The first-order chi connectivity index (χ1) is 15.5. The molecule has 0 saturated carbocycles. The van der Waals surface area contributed by atoms with E-state index in [0.717, 1.165) is 18.2 Å². The normalized spacial score (nSPS) is 13.0. The fourth-order valence-electron chi connectivity index (χ4n) is 3.12. The van der Waals surface area contributed by atoms with E-state index in [1.54, 1.807) is 0 Å². The Morgan fingerprint density at radius 1 is 0.970 bits per heavy atom. The highest BCUT2D eigenvalue weighted by molar-refractivity contribution is 7.92. The number of sulfone groups is 1. The molecule has 6 nitrogen and oxygen atoms in total. The second-order valence-corrected chi connectivity index (χ2v) is 11.7. The van der Waals surface area contributed by atoms with E-state index in [4.69, 9.17) is 23.2 Å². The van der Waals surface area contributed by atoms with Crippen molar-refractivity contribution in [3.05, 3.63) is 88.6 Å². The van der Waals surface area contributed by atoms with Crippen LogP contribution in [0, 0.1) is 11.6 Å². The third-order valence-corrected chi connectivity index (χ3v) is 8.53. The molecule has 1 N–H and O–H groups in total. The maximum atomic E-state index is 14.7. The Balaban J connectivity index is 2.15. The maximum Gasteiger partial charge on any atom is 0.233 e. The van der Waals surface area contributed by atoms with E-state index in [-0.39, 0.29) is 34.3 Å². The molecule has 0 aliphatic carbocycles. The number of hydrogen-bond donors (Lipinski definition) is 1. The smallest absolute Gasteiger partial charge is 0.233 e. The standard InChI is InChI=1S/C21H18Cl2F2N2O4S2/c22-9-1-11-32(28,29)27-20-12-14(8-10-26-20)21(18-13-16(24)4-7-19(18)25)33(30,31)17-5-2-15(23)3-6-17/h2-8,10,12-13,21H,1,9,11H2,(H,26,27). The summed E-state index contributed by atoms with van der Waals surface area (Å²) in [5.74, 6) is -2.09. The Labute approximate surface area is 200 Å². The van der Waals surface area contributed by atoms with Crippen LogP contribution in [-0.2, 0) is 19.9 Å². The van der Waals surface area contributed by atoms with E-state index in [2.05, 4.69) is 9.71 Å². The SMILES string of the molecule is O=S(=O)(CCCCl)Nc1cc(C(c2cc(F)ccc2F)S(=O)(=O)c2ccc(Cl)cc2)ccn1. The van der Waals surface area contributed by atoms with Gasteiger partial charge >= 0.3 is 0 Å². The fraction of sp³-hybridized carbons (Fsp3) is 0.190. The summed E-state index contributed by atoms with van der Waals surface area (Å²) < 4.78 is 82.5. The lowest BCUT2D eigenvalue weighted by Crippen LogP contribution is -2.20. The zero-order valence-electron chi connectivity index (χ0n) is 16.9. The molecular weight excluding hydrogens is 517 g/mol. The fourth-order valence-corrected chi connectivity index (χ4v) is 6.40. The zero-order chi connectivity index (χ0) is 24.2. The van der Waals surface area contributed by atoms with Gasteiger partial charge in [0.2, 0.25) is 10.0 Å². The van der Waals surface area contributed by atoms with Gasteiger partial charge in [-0.1, -0.05) is 11.6 Å². The molecule has 12 heteroatoms. The number of aromatic nitrogens is 1. The van der Waals surface area contributed by atoms with E-state index >= 15 is 0 Å². The molecule has 0 bridgehead atoms. The molecule has 0 spiro atoms. The van der Waals surface area contributed by atoms with Crippen LogP contribution in [0.1, 0.15) is 22.8 Å². The summed E-state index contributed by atoms with van der Waals surface area (Å²) in [7, 11) is -8.13. The van der Waals surface area contributed by atoms with Crippen molar-refractivity contribution < 1.29 is 25.6 Å². The summed E-state index contributed by atoms with van der Waals surface area (Å²) in [6.45, 7) is 0. The molecule has 176 valence electrons. The molecule has 1 atom stereocenters. The largest absolute Gasteiger partial charge is 0.267 e. The van der Waals surface area contributed by atoms with Gasteiger partial charge in [0.05, 0.1) is 10.6 Å². The molecule has 0 aliphatic heterocycles. The minimum absolute atomic E-state index is 0.0144. The topological polar surface area (TPSA) is 93.2 Å². The van der Waals surface area contributed by atoms with Gasteiger partial charge in [-0.05, 0) is 66.6 Å². The van der Waals surface area contributed by atoms with Crippen LogP contribution in [0.15, 0.2) is 65.7 Å². The van der Waals surface area contributed by atoms with Gasteiger partial charge < -0.3 is 0 Å². The number of pyridine rings is 1. The number of benzene rings is 2. The predicted molar refractivity (Wildman–Crippen MR) is 124 cm³/mol. The minimum Gasteiger partial charge on any atom is -0.267 e. The first-order valence-corrected chi connectivity index (χ1v) is 13.6. The average Bonchev–Trinajstić information content (AvgIpc) is 2.75.